The van der Waals surface area contributed by atoms with Crippen molar-refractivity contribution < 1.29 is 31.9 Å². The Balaban J connectivity index is 1.67. The van der Waals surface area contributed by atoms with Gasteiger partial charge in [0.2, 0.25) is 5.91 Å². The number of carbonyl (C=O) groups is 2. The van der Waals surface area contributed by atoms with Gasteiger partial charge in [-0.2, -0.15) is 0 Å². The van der Waals surface area contributed by atoms with Crippen LogP contribution in [0.1, 0.15) is 48.5 Å². The SMILES string of the molecule is COC(=O)c1cc(F)c(NC(=O)C(C2CCCCC2)n2c(-c3ccc(Cl)cc3)nc3cc(F)c(F)cc32)c(F)c1. The summed E-state index contributed by atoms with van der Waals surface area (Å²) in [6.07, 6.45) is 3.83. The van der Waals surface area contributed by atoms with Gasteiger partial charge >= 0.3 is 5.97 Å². The second-order valence-electron chi connectivity index (χ2n) is 9.71. The van der Waals surface area contributed by atoms with Crippen molar-refractivity contribution in [1.29, 1.82) is 0 Å². The van der Waals surface area contributed by atoms with Crippen molar-refractivity contribution in [2.75, 3.05) is 12.4 Å². The van der Waals surface area contributed by atoms with Crippen LogP contribution in [0.5, 0.6) is 0 Å². The number of anilines is 1. The Hall–Kier alpha value is -3.92. The maximum absolute atomic E-state index is 15.0. The second kappa shape index (κ2) is 11.3. The molecule has 1 saturated carbocycles. The third-order valence-corrected chi connectivity index (χ3v) is 7.44. The lowest BCUT2D eigenvalue weighted by molar-refractivity contribution is -0.121. The molecule has 0 bridgehead atoms. The van der Waals surface area contributed by atoms with E-state index >= 15 is 0 Å². The quantitative estimate of drug-likeness (QED) is 0.192. The van der Waals surface area contributed by atoms with Gasteiger partial charge in [-0.05, 0) is 55.2 Å². The number of benzene rings is 3. The highest BCUT2D eigenvalue weighted by molar-refractivity contribution is 6.30. The van der Waals surface area contributed by atoms with Crippen LogP contribution in [0.4, 0.5) is 23.2 Å². The van der Waals surface area contributed by atoms with Gasteiger partial charge in [0.15, 0.2) is 23.3 Å². The number of aromatic nitrogens is 2. The highest BCUT2D eigenvalue weighted by Gasteiger charge is 2.35. The number of nitrogens with zero attached hydrogens (tertiary/aromatic N) is 2. The molecule has 1 unspecified atom stereocenters. The summed E-state index contributed by atoms with van der Waals surface area (Å²) in [5.41, 5.74) is -0.320. The minimum Gasteiger partial charge on any atom is -0.465 e. The summed E-state index contributed by atoms with van der Waals surface area (Å²) in [5.74, 6) is -6.34. The van der Waals surface area contributed by atoms with Crippen LogP contribution in [-0.2, 0) is 9.53 Å². The van der Waals surface area contributed by atoms with E-state index in [1.807, 2.05) is 0 Å². The summed E-state index contributed by atoms with van der Waals surface area (Å²) in [5, 5.41) is 2.80. The van der Waals surface area contributed by atoms with Crippen molar-refractivity contribution in [2.24, 2.45) is 5.92 Å². The van der Waals surface area contributed by atoms with Gasteiger partial charge in [0.05, 0.1) is 23.7 Å². The van der Waals surface area contributed by atoms with E-state index in [1.165, 1.54) is 4.57 Å². The predicted octanol–water partition coefficient (Wildman–Crippen LogP) is 7.46. The molecule has 6 nitrogen and oxygen atoms in total. The molecule has 0 radical (unpaired) electrons. The minimum absolute atomic E-state index is 0.109. The Morgan fingerprint density at radius 3 is 2.20 bits per heavy atom. The smallest absolute Gasteiger partial charge is 0.338 e. The van der Waals surface area contributed by atoms with Gasteiger partial charge in [-0.3, -0.25) is 4.79 Å². The molecule has 1 aliphatic rings. The highest BCUT2D eigenvalue weighted by atomic mass is 35.5. The summed E-state index contributed by atoms with van der Waals surface area (Å²) in [4.78, 5) is 30.3. The number of imidazole rings is 1. The largest absolute Gasteiger partial charge is 0.465 e. The fourth-order valence-corrected chi connectivity index (χ4v) is 5.42. The first-order valence-electron chi connectivity index (χ1n) is 12.7. The number of rotatable bonds is 6. The topological polar surface area (TPSA) is 73.2 Å². The zero-order chi connectivity index (χ0) is 28.6. The zero-order valence-corrected chi connectivity index (χ0v) is 22.1. The van der Waals surface area contributed by atoms with E-state index < -0.39 is 46.9 Å². The number of hydrogen-bond acceptors (Lipinski definition) is 4. The molecule has 0 saturated heterocycles. The first-order chi connectivity index (χ1) is 19.2. The maximum atomic E-state index is 15.0. The zero-order valence-electron chi connectivity index (χ0n) is 21.3. The summed E-state index contributed by atoms with van der Waals surface area (Å²) in [6, 6.07) is 8.92. The molecule has 3 aromatic carbocycles. The van der Waals surface area contributed by atoms with Crippen molar-refractivity contribution >= 4 is 40.2 Å². The number of esters is 1. The third-order valence-electron chi connectivity index (χ3n) is 7.19. The number of carbonyl (C=O) groups excluding carboxylic acids is 2. The Kier molecular flexibility index (Phi) is 7.80. The molecule has 1 aromatic heterocycles. The van der Waals surface area contributed by atoms with Crippen molar-refractivity contribution in [3.63, 3.8) is 0 Å². The lowest BCUT2D eigenvalue weighted by atomic mass is 9.83. The molecule has 1 aliphatic carbocycles. The summed E-state index contributed by atoms with van der Waals surface area (Å²) in [6.45, 7) is 0. The van der Waals surface area contributed by atoms with Gasteiger partial charge in [-0.1, -0.05) is 30.9 Å². The summed E-state index contributed by atoms with van der Waals surface area (Å²) in [7, 11) is 1.07. The Morgan fingerprint density at radius 2 is 1.57 bits per heavy atom. The molecule has 4 aromatic rings. The van der Waals surface area contributed by atoms with Crippen molar-refractivity contribution in [1.82, 2.24) is 9.55 Å². The molecule has 208 valence electrons. The van der Waals surface area contributed by atoms with E-state index in [-0.39, 0.29) is 28.3 Å². The Bertz CT molecular complexity index is 1580. The number of methoxy groups -OCH3 is 1. The molecule has 1 amide bonds. The molecule has 0 aliphatic heterocycles. The number of hydrogen-bond donors (Lipinski definition) is 1. The molecule has 0 spiro atoms. The van der Waals surface area contributed by atoms with E-state index in [9.17, 15) is 27.2 Å². The van der Waals surface area contributed by atoms with Crippen LogP contribution in [0.2, 0.25) is 5.02 Å². The van der Waals surface area contributed by atoms with Gasteiger partial charge in [-0.25, -0.2) is 27.3 Å². The van der Waals surface area contributed by atoms with Crippen LogP contribution >= 0.6 is 11.6 Å². The molecular weight excluding hydrogens is 550 g/mol. The molecule has 1 atom stereocenters. The summed E-state index contributed by atoms with van der Waals surface area (Å²) < 4.78 is 64.7. The molecule has 5 rings (SSSR count). The molecule has 11 heteroatoms. The van der Waals surface area contributed by atoms with E-state index in [4.69, 9.17) is 11.6 Å². The normalized spacial score (nSPS) is 14.8. The number of ether oxygens (including phenoxy) is 1. The van der Waals surface area contributed by atoms with Crippen molar-refractivity contribution in [3.05, 3.63) is 82.4 Å². The fourth-order valence-electron chi connectivity index (χ4n) is 5.29. The molecule has 40 heavy (non-hydrogen) atoms. The number of amides is 1. The lowest BCUT2D eigenvalue weighted by Crippen LogP contribution is -2.34. The van der Waals surface area contributed by atoms with E-state index in [0.29, 0.717) is 23.4 Å². The maximum Gasteiger partial charge on any atom is 0.338 e. The Morgan fingerprint density at radius 1 is 0.950 bits per heavy atom. The number of halogens is 5. The summed E-state index contributed by atoms with van der Waals surface area (Å²) >= 11 is 6.06. The van der Waals surface area contributed by atoms with Gasteiger partial charge in [0.25, 0.3) is 0 Å². The van der Waals surface area contributed by atoms with Crippen LogP contribution in [0.25, 0.3) is 22.4 Å². The number of nitrogens with one attached hydrogen (secondary N) is 1. The fraction of sp³-hybridized carbons (Fsp3) is 0.276. The average molecular weight is 574 g/mol. The second-order valence-corrected chi connectivity index (χ2v) is 10.1. The van der Waals surface area contributed by atoms with Crippen molar-refractivity contribution in [3.8, 4) is 11.4 Å². The molecule has 1 fully saturated rings. The van der Waals surface area contributed by atoms with Crippen LogP contribution in [0.15, 0.2) is 48.5 Å². The molecular formula is C29H24ClF4N3O3. The monoisotopic (exact) mass is 573 g/mol. The first kappa shape index (κ1) is 27.6. The van der Waals surface area contributed by atoms with E-state index in [1.54, 1.807) is 24.3 Å². The molecule has 1 N–H and O–H groups in total. The van der Waals surface area contributed by atoms with Crippen LogP contribution in [-0.4, -0.2) is 28.5 Å². The number of fused-ring (bicyclic) bond motifs is 1. The van der Waals surface area contributed by atoms with Crippen LogP contribution in [0, 0.1) is 29.2 Å². The van der Waals surface area contributed by atoms with Gasteiger partial charge in [-0.15, -0.1) is 0 Å². The van der Waals surface area contributed by atoms with Gasteiger partial charge in [0.1, 0.15) is 17.6 Å². The first-order valence-corrected chi connectivity index (χ1v) is 13.1. The Labute approximate surface area is 231 Å². The third kappa shape index (κ3) is 5.28. The van der Waals surface area contributed by atoms with Crippen LogP contribution in [0.3, 0.4) is 0 Å². The average Bonchev–Trinajstić information content (AvgIpc) is 3.29. The standard InChI is InChI=1S/C29H24ClF4N3O3/c1-40-29(39)17-11-21(33)25(22(34)12-17)36-28(38)26(15-5-3-2-4-6-15)37-24-14-20(32)19(31)13-23(24)35-27(37)16-7-9-18(30)10-8-16/h7-15,26H,2-6H2,1H3,(H,36,38). The minimum atomic E-state index is -1.17. The van der Waals surface area contributed by atoms with E-state index in [0.717, 1.165) is 50.6 Å². The predicted molar refractivity (Wildman–Crippen MR) is 142 cm³/mol. The van der Waals surface area contributed by atoms with Gasteiger partial charge in [0, 0.05) is 22.7 Å². The van der Waals surface area contributed by atoms with Gasteiger partial charge < -0.3 is 14.6 Å². The van der Waals surface area contributed by atoms with E-state index in [2.05, 4.69) is 15.0 Å². The molecule has 1 heterocycles. The van der Waals surface area contributed by atoms with Crippen molar-refractivity contribution in [2.45, 2.75) is 38.1 Å². The highest BCUT2D eigenvalue weighted by Crippen LogP contribution is 2.39. The van der Waals surface area contributed by atoms with Crippen LogP contribution < -0.4 is 5.32 Å². The lowest BCUT2D eigenvalue weighted by Gasteiger charge is -2.32.